The normalized spacial score (nSPS) is 19.9. The second kappa shape index (κ2) is 2.87. The summed E-state index contributed by atoms with van der Waals surface area (Å²) in [7, 11) is 0. The first-order chi connectivity index (χ1) is 6.11. The molecule has 3 nitrogen and oxygen atoms in total. The maximum absolute atomic E-state index is 11.2. The van der Waals surface area contributed by atoms with Crippen molar-refractivity contribution in [3.8, 4) is 0 Å². The summed E-state index contributed by atoms with van der Waals surface area (Å²) in [5, 5.41) is 3.50. The second-order valence-corrected chi connectivity index (χ2v) is 3.60. The molecule has 2 rings (SSSR count). The molecule has 13 heavy (non-hydrogen) atoms. The zero-order valence-electron chi connectivity index (χ0n) is 6.47. The molecule has 1 aromatic carbocycles. The van der Waals surface area contributed by atoms with Crippen LogP contribution >= 0.6 is 23.2 Å². The summed E-state index contributed by atoms with van der Waals surface area (Å²) in [6.45, 7) is 0. The monoisotopic (exact) mass is 216 g/mol. The van der Waals surface area contributed by atoms with Crippen LogP contribution in [0.5, 0.6) is 0 Å². The van der Waals surface area contributed by atoms with E-state index in [2.05, 4.69) is 5.32 Å². The lowest BCUT2D eigenvalue weighted by molar-refractivity contribution is -0.116. The van der Waals surface area contributed by atoms with Gasteiger partial charge in [-0.25, -0.2) is 0 Å². The molecule has 0 bridgehead atoms. The number of rotatable bonds is 0. The number of halogens is 2. The van der Waals surface area contributed by atoms with Gasteiger partial charge < -0.3 is 11.1 Å². The van der Waals surface area contributed by atoms with Gasteiger partial charge in [-0.15, -0.1) is 0 Å². The van der Waals surface area contributed by atoms with Crippen molar-refractivity contribution in [3.63, 3.8) is 0 Å². The van der Waals surface area contributed by atoms with Crippen molar-refractivity contribution in [2.24, 2.45) is 5.73 Å². The van der Waals surface area contributed by atoms with Crippen LogP contribution < -0.4 is 11.1 Å². The maximum Gasteiger partial charge on any atom is 0.246 e. The lowest BCUT2D eigenvalue weighted by Crippen LogP contribution is -2.19. The van der Waals surface area contributed by atoms with Gasteiger partial charge in [0.25, 0.3) is 0 Å². The first-order valence-corrected chi connectivity index (χ1v) is 4.41. The van der Waals surface area contributed by atoms with Gasteiger partial charge in [0.2, 0.25) is 5.91 Å². The molecule has 1 unspecified atom stereocenters. The highest BCUT2D eigenvalue weighted by Crippen LogP contribution is 2.39. The Bertz CT molecular complexity index is 392. The molecule has 1 aliphatic rings. The van der Waals surface area contributed by atoms with Crippen LogP contribution in [0.4, 0.5) is 5.69 Å². The van der Waals surface area contributed by atoms with Gasteiger partial charge >= 0.3 is 0 Å². The van der Waals surface area contributed by atoms with Crippen molar-refractivity contribution < 1.29 is 4.79 Å². The molecule has 1 amide bonds. The van der Waals surface area contributed by atoms with E-state index in [0.29, 0.717) is 21.3 Å². The quantitative estimate of drug-likeness (QED) is 0.697. The smallest absolute Gasteiger partial charge is 0.246 e. The van der Waals surface area contributed by atoms with Crippen LogP contribution in [-0.4, -0.2) is 5.91 Å². The molecule has 0 aliphatic carbocycles. The summed E-state index contributed by atoms with van der Waals surface area (Å²) in [6, 6.07) is 2.55. The fourth-order valence-corrected chi connectivity index (χ4v) is 1.82. The molecule has 68 valence electrons. The van der Waals surface area contributed by atoms with Crippen molar-refractivity contribution in [2.75, 3.05) is 5.32 Å². The Hall–Kier alpha value is -0.770. The SMILES string of the molecule is NC1C(=O)Nc2c(Cl)ccc(Cl)c21. The summed E-state index contributed by atoms with van der Waals surface area (Å²) >= 11 is 11.7. The average molecular weight is 217 g/mol. The lowest BCUT2D eigenvalue weighted by Gasteiger charge is -2.04. The summed E-state index contributed by atoms with van der Waals surface area (Å²) in [6.07, 6.45) is 0. The van der Waals surface area contributed by atoms with Crippen molar-refractivity contribution in [1.29, 1.82) is 0 Å². The van der Waals surface area contributed by atoms with Crippen LogP contribution in [0.1, 0.15) is 11.6 Å². The molecule has 0 spiro atoms. The zero-order chi connectivity index (χ0) is 9.59. The fraction of sp³-hybridized carbons (Fsp3) is 0.125. The molecule has 1 aliphatic heterocycles. The van der Waals surface area contributed by atoms with E-state index in [1.165, 1.54) is 0 Å². The van der Waals surface area contributed by atoms with Gasteiger partial charge in [-0.1, -0.05) is 23.2 Å². The van der Waals surface area contributed by atoms with Crippen LogP contribution in [-0.2, 0) is 4.79 Å². The molecule has 1 heterocycles. The number of anilines is 1. The third-order valence-electron chi connectivity index (χ3n) is 1.98. The topological polar surface area (TPSA) is 55.1 Å². The largest absolute Gasteiger partial charge is 0.323 e. The van der Waals surface area contributed by atoms with Gasteiger partial charge in [-0.3, -0.25) is 4.79 Å². The standard InChI is InChI=1S/C8H6Cl2N2O/c9-3-1-2-4(10)7-5(3)6(11)8(13)12-7/h1-2,6H,11H2,(H,12,13). The van der Waals surface area contributed by atoms with Crippen LogP contribution in [0.2, 0.25) is 10.0 Å². The molecule has 0 radical (unpaired) electrons. The molecule has 0 aromatic heterocycles. The van der Waals surface area contributed by atoms with E-state index in [0.717, 1.165) is 0 Å². The van der Waals surface area contributed by atoms with Gasteiger partial charge in [-0.2, -0.15) is 0 Å². The first-order valence-electron chi connectivity index (χ1n) is 3.65. The van der Waals surface area contributed by atoms with Crippen molar-refractivity contribution in [2.45, 2.75) is 6.04 Å². The molecule has 3 N–H and O–H groups in total. The van der Waals surface area contributed by atoms with E-state index in [-0.39, 0.29) is 5.91 Å². The highest BCUT2D eigenvalue weighted by molar-refractivity contribution is 6.37. The Kier molecular flexibility index (Phi) is 1.95. The molecule has 5 heteroatoms. The lowest BCUT2D eigenvalue weighted by atomic mass is 10.1. The Balaban J connectivity index is 2.68. The Labute approximate surface area is 84.8 Å². The summed E-state index contributed by atoms with van der Waals surface area (Å²) in [5.74, 6) is -0.273. The number of amides is 1. The van der Waals surface area contributed by atoms with Crippen LogP contribution in [0.3, 0.4) is 0 Å². The number of benzene rings is 1. The van der Waals surface area contributed by atoms with E-state index < -0.39 is 6.04 Å². The number of nitrogens with two attached hydrogens (primary N) is 1. The van der Waals surface area contributed by atoms with Crippen LogP contribution in [0.15, 0.2) is 12.1 Å². The third kappa shape index (κ3) is 1.20. The Morgan fingerprint density at radius 1 is 1.31 bits per heavy atom. The van der Waals surface area contributed by atoms with Gasteiger partial charge in [0, 0.05) is 10.6 Å². The van der Waals surface area contributed by atoms with E-state index in [9.17, 15) is 4.79 Å². The Morgan fingerprint density at radius 3 is 2.54 bits per heavy atom. The molecular weight excluding hydrogens is 211 g/mol. The van der Waals surface area contributed by atoms with E-state index >= 15 is 0 Å². The molecule has 0 fully saturated rings. The number of carbonyl (C=O) groups is 1. The van der Waals surface area contributed by atoms with Crippen LogP contribution in [0.25, 0.3) is 0 Å². The number of hydrogen-bond acceptors (Lipinski definition) is 2. The predicted octanol–water partition coefficient (Wildman–Crippen LogP) is 1.95. The maximum atomic E-state index is 11.2. The zero-order valence-corrected chi connectivity index (χ0v) is 7.99. The van der Waals surface area contributed by atoms with E-state index in [1.807, 2.05) is 0 Å². The minimum atomic E-state index is -0.707. The number of fused-ring (bicyclic) bond motifs is 1. The van der Waals surface area contributed by atoms with Gasteiger partial charge in [0.15, 0.2) is 0 Å². The first kappa shape index (κ1) is 8.81. The van der Waals surface area contributed by atoms with Gasteiger partial charge in [0.1, 0.15) is 6.04 Å². The van der Waals surface area contributed by atoms with Crippen LogP contribution in [0, 0.1) is 0 Å². The summed E-state index contributed by atoms with van der Waals surface area (Å²) in [5.41, 5.74) is 6.72. The van der Waals surface area contributed by atoms with Crippen molar-refractivity contribution in [3.05, 3.63) is 27.7 Å². The molecular formula is C8H6Cl2N2O. The fourth-order valence-electron chi connectivity index (χ4n) is 1.33. The average Bonchev–Trinajstić information content (AvgIpc) is 2.38. The number of carbonyl (C=O) groups excluding carboxylic acids is 1. The summed E-state index contributed by atoms with van der Waals surface area (Å²) in [4.78, 5) is 11.2. The molecule has 1 atom stereocenters. The molecule has 1 aromatic rings. The minimum Gasteiger partial charge on any atom is -0.323 e. The van der Waals surface area contributed by atoms with Gasteiger partial charge in [-0.05, 0) is 12.1 Å². The third-order valence-corrected chi connectivity index (χ3v) is 2.63. The molecule has 0 saturated carbocycles. The van der Waals surface area contributed by atoms with Crippen molar-refractivity contribution >= 4 is 34.8 Å². The molecule has 0 saturated heterocycles. The van der Waals surface area contributed by atoms with E-state index in [1.54, 1.807) is 12.1 Å². The number of nitrogens with one attached hydrogen (secondary N) is 1. The van der Waals surface area contributed by atoms with E-state index in [4.69, 9.17) is 28.9 Å². The Morgan fingerprint density at radius 2 is 1.92 bits per heavy atom. The second-order valence-electron chi connectivity index (χ2n) is 2.78. The van der Waals surface area contributed by atoms with Gasteiger partial charge in [0.05, 0.1) is 10.7 Å². The minimum absolute atomic E-state index is 0.273. The summed E-state index contributed by atoms with van der Waals surface area (Å²) < 4.78 is 0. The van der Waals surface area contributed by atoms with Crippen molar-refractivity contribution in [1.82, 2.24) is 0 Å². The highest BCUT2D eigenvalue weighted by Gasteiger charge is 2.30. The predicted molar refractivity (Wildman–Crippen MR) is 52.0 cm³/mol. The number of hydrogen-bond donors (Lipinski definition) is 2. The highest BCUT2D eigenvalue weighted by atomic mass is 35.5.